The Bertz CT molecular complexity index is 2050. The quantitative estimate of drug-likeness (QED) is 0.0261. The predicted octanol–water partition coefficient (Wildman–Crippen LogP) is 9.03. The lowest BCUT2D eigenvalue weighted by Crippen LogP contribution is -2.31. The lowest BCUT2D eigenvalue weighted by atomic mass is 10.1. The van der Waals surface area contributed by atoms with E-state index < -0.39 is 23.9 Å². The number of alkyl carbamates (subject to hydrolysis) is 3. The third-order valence-electron chi connectivity index (χ3n) is 7.34. The van der Waals surface area contributed by atoms with Crippen molar-refractivity contribution in [1.29, 1.82) is 5.41 Å². The summed E-state index contributed by atoms with van der Waals surface area (Å²) in [6.45, 7) is 10.0. The molecule has 0 radical (unpaired) electrons. The first kappa shape index (κ1) is 50.2. The van der Waals surface area contributed by atoms with Crippen molar-refractivity contribution in [2.45, 2.75) is 46.5 Å². The fourth-order valence-electron chi connectivity index (χ4n) is 4.87. The zero-order valence-electron chi connectivity index (χ0n) is 35.2. The van der Waals surface area contributed by atoms with Crippen LogP contribution in [0.2, 0.25) is 0 Å². The molecule has 0 aromatic heterocycles. The van der Waals surface area contributed by atoms with E-state index in [4.69, 9.17) is 29.4 Å². The van der Waals surface area contributed by atoms with Crippen molar-refractivity contribution in [3.8, 4) is 0 Å². The monoisotopic (exact) mass is 838 g/mol. The molecule has 0 saturated heterocycles. The Labute approximate surface area is 356 Å². The number of hydrogen-bond donors (Lipinski definition) is 4. The Hall–Kier alpha value is -6.91. The highest BCUT2D eigenvalue weighted by molar-refractivity contribution is 5.77. The Morgan fingerprint density at radius 3 is 1.41 bits per heavy atom. The second-order valence-corrected chi connectivity index (χ2v) is 13.5. The molecule has 4 rings (SSSR count). The number of carbonyl (C=O) groups excluding carboxylic acids is 4. The number of nitrogens with one attached hydrogen (secondary N) is 4. The zero-order valence-corrected chi connectivity index (χ0v) is 35.2. The van der Waals surface area contributed by atoms with Crippen molar-refractivity contribution in [1.82, 2.24) is 16.0 Å². The highest BCUT2D eigenvalue weighted by atomic mass is 17.2. The average molecular weight is 839 g/mol. The van der Waals surface area contributed by atoms with Gasteiger partial charge in [0.25, 0.3) is 0 Å². The molecule has 4 N–H and O–H groups in total. The summed E-state index contributed by atoms with van der Waals surface area (Å²) in [4.78, 5) is 66.2. The van der Waals surface area contributed by atoms with Crippen LogP contribution in [-0.2, 0) is 47.0 Å². The van der Waals surface area contributed by atoms with Gasteiger partial charge in [-0.25, -0.2) is 33.9 Å². The first-order valence-electron chi connectivity index (χ1n) is 18.7. The van der Waals surface area contributed by atoms with Gasteiger partial charge in [0.2, 0.25) is 0 Å². The van der Waals surface area contributed by atoms with Crippen molar-refractivity contribution < 1.29 is 52.9 Å². The van der Waals surface area contributed by atoms with E-state index in [-0.39, 0.29) is 26.4 Å². The van der Waals surface area contributed by atoms with Crippen LogP contribution in [0, 0.1) is 5.41 Å². The Balaban J connectivity index is 0.000000421. The van der Waals surface area contributed by atoms with Crippen LogP contribution < -0.4 is 16.0 Å². The number of benzene rings is 4. The molecule has 61 heavy (non-hydrogen) atoms. The fourth-order valence-corrected chi connectivity index (χ4v) is 4.87. The zero-order chi connectivity index (χ0) is 44.9. The SMILES string of the molecule is C=N.COOC/C(=C/c1cccc(/C=C(/C)NC(=O)OC(C)(C)C)c1)NC(=O)OCc1ccccc1.COOC/C(=C/c1cccc(C=O)c1)NC(=O)OCc1ccccc1. The maximum atomic E-state index is 12.3. The number of amides is 3. The van der Waals surface area contributed by atoms with Gasteiger partial charge in [0, 0.05) is 11.3 Å². The van der Waals surface area contributed by atoms with E-state index in [2.05, 4.69) is 32.4 Å². The molecular formula is C46H54N4O11. The van der Waals surface area contributed by atoms with Gasteiger partial charge in [-0.2, -0.15) is 0 Å². The fraction of sp³-hybridized carbons (Fsp3) is 0.239. The molecule has 0 aliphatic heterocycles. The second-order valence-electron chi connectivity index (χ2n) is 13.5. The summed E-state index contributed by atoms with van der Waals surface area (Å²) in [5.41, 5.74) is 5.62. The molecule has 15 heteroatoms. The molecule has 0 atom stereocenters. The molecule has 0 saturated carbocycles. The van der Waals surface area contributed by atoms with Crippen LogP contribution in [0.3, 0.4) is 0 Å². The van der Waals surface area contributed by atoms with E-state index in [0.29, 0.717) is 22.7 Å². The lowest BCUT2D eigenvalue weighted by molar-refractivity contribution is -0.265. The summed E-state index contributed by atoms with van der Waals surface area (Å²) in [5, 5.41) is 13.5. The Kier molecular flexibility index (Phi) is 23.5. The Morgan fingerprint density at radius 2 is 1.00 bits per heavy atom. The van der Waals surface area contributed by atoms with E-state index in [1.807, 2.05) is 91.0 Å². The molecule has 0 unspecified atom stereocenters. The molecule has 0 fully saturated rings. The third-order valence-corrected chi connectivity index (χ3v) is 7.34. The largest absolute Gasteiger partial charge is 0.444 e. The standard InChI is InChI=1S/C26H32N2O6.C19H19NO5.CH3N/c1-19(27-25(30)34-26(2,3)4)14-21-12-9-13-22(15-21)16-23(18-33-31-5)28-24(29)32-17-20-10-7-6-8-11-20;1-23-25-14-18(11-16-8-5-9-17(10-16)12-21)20-19(22)24-13-15-6-3-2-4-7-15;1-2/h6-16H,17-18H2,1-5H3,(H,27,30)(H,28,29);2-12H,13-14H2,1H3,(H,20,22);2H,1H2/b19-14-,23-16-;18-11-;. The first-order chi connectivity index (χ1) is 29.3. The molecule has 4 aromatic rings. The van der Waals surface area contributed by atoms with Crippen molar-refractivity contribution >= 4 is 49.5 Å². The molecule has 0 aliphatic carbocycles. The van der Waals surface area contributed by atoms with Gasteiger partial charge in [0.15, 0.2) is 0 Å². The van der Waals surface area contributed by atoms with E-state index in [9.17, 15) is 19.2 Å². The van der Waals surface area contributed by atoms with Crippen LogP contribution in [0.4, 0.5) is 14.4 Å². The van der Waals surface area contributed by atoms with Crippen LogP contribution in [0.1, 0.15) is 65.9 Å². The summed E-state index contributed by atoms with van der Waals surface area (Å²) in [5.74, 6) is 0. The molecular weight excluding hydrogens is 785 g/mol. The van der Waals surface area contributed by atoms with Crippen LogP contribution >= 0.6 is 0 Å². The number of rotatable bonds is 17. The lowest BCUT2D eigenvalue weighted by Gasteiger charge is -2.19. The second kappa shape index (κ2) is 28.5. The van der Waals surface area contributed by atoms with Crippen LogP contribution in [0.15, 0.2) is 126 Å². The van der Waals surface area contributed by atoms with Crippen molar-refractivity contribution in [3.05, 3.63) is 160 Å². The molecule has 0 spiro atoms. The van der Waals surface area contributed by atoms with Gasteiger partial charge < -0.3 is 19.6 Å². The normalized spacial score (nSPS) is 11.3. The van der Waals surface area contributed by atoms with Gasteiger partial charge in [-0.1, -0.05) is 97.1 Å². The maximum Gasteiger partial charge on any atom is 0.411 e. The van der Waals surface area contributed by atoms with Crippen molar-refractivity contribution in [2.24, 2.45) is 0 Å². The minimum atomic E-state index is -0.610. The number of ether oxygens (including phenoxy) is 3. The third kappa shape index (κ3) is 22.7. The molecule has 324 valence electrons. The van der Waals surface area contributed by atoms with E-state index >= 15 is 0 Å². The summed E-state index contributed by atoms with van der Waals surface area (Å²) in [6.07, 6.45) is 4.25. The molecule has 0 heterocycles. The van der Waals surface area contributed by atoms with Crippen LogP contribution in [-0.4, -0.2) is 64.3 Å². The van der Waals surface area contributed by atoms with E-state index in [1.54, 1.807) is 64.1 Å². The number of aldehydes is 1. The minimum Gasteiger partial charge on any atom is -0.444 e. The maximum absolute atomic E-state index is 12.3. The van der Waals surface area contributed by atoms with E-state index in [1.165, 1.54) is 14.2 Å². The number of allylic oxidation sites excluding steroid dienone is 1. The highest BCUT2D eigenvalue weighted by Crippen LogP contribution is 2.14. The topological polar surface area (TPSA) is 193 Å². The molecule has 3 amide bonds. The molecule has 0 aliphatic rings. The van der Waals surface area contributed by atoms with Gasteiger partial charge in [-0.3, -0.25) is 20.7 Å². The van der Waals surface area contributed by atoms with Gasteiger partial charge >= 0.3 is 18.3 Å². The van der Waals surface area contributed by atoms with Crippen molar-refractivity contribution in [2.75, 3.05) is 27.4 Å². The van der Waals surface area contributed by atoms with E-state index in [0.717, 1.165) is 34.1 Å². The summed E-state index contributed by atoms with van der Waals surface area (Å²) >= 11 is 0. The van der Waals surface area contributed by atoms with Gasteiger partial charge in [0.05, 0.1) is 25.6 Å². The summed E-state index contributed by atoms with van der Waals surface area (Å²) in [7, 11) is 2.76. The van der Waals surface area contributed by atoms with Crippen molar-refractivity contribution in [3.63, 3.8) is 0 Å². The summed E-state index contributed by atoms with van der Waals surface area (Å²) < 4.78 is 15.7. The molecule has 4 aromatic carbocycles. The molecule has 15 nitrogen and oxygen atoms in total. The minimum absolute atomic E-state index is 0.0101. The predicted molar refractivity (Wildman–Crippen MR) is 233 cm³/mol. The van der Waals surface area contributed by atoms with Gasteiger partial charge in [-0.05, 0) is 92.6 Å². The number of hydrogen-bond acceptors (Lipinski definition) is 12. The Morgan fingerprint density at radius 1 is 0.590 bits per heavy atom. The van der Waals surface area contributed by atoms with Crippen LogP contribution in [0.25, 0.3) is 18.2 Å². The first-order valence-corrected chi connectivity index (χ1v) is 18.7. The summed E-state index contributed by atoms with van der Waals surface area (Å²) in [6, 6.07) is 33.2. The average Bonchev–Trinajstić information content (AvgIpc) is 3.24. The van der Waals surface area contributed by atoms with Gasteiger partial charge in [-0.15, -0.1) is 0 Å². The molecule has 0 bridgehead atoms. The van der Waals surface area contributed by atoms with Crippen LogP contribution in [0.5, 0.6) is 0 Å². The highest BCUT2D eigenvalue weighted by Gasteiger charge is 2.16. The number of carbonyl (C=O) groups is 4. The smallest absolute Gasteiger partial charge is 0.411 e. The van der Waals surface area contributed by atoms with Gasteiger partial charge in [0.1, 0.15) is 38.3 Å².